The third-order valence-electron chi connectivity index (χ3n) is 5.40. The molecule has 0 fully saturated rings. The van der Waals surface area contributed by atoms with Crippen LogP contribution in [0.3, 0.4) is 0 Å². The quantitative estimate of drug-likeness (QED) is 0.672. The fourth-order valence-corrected chi connectivity index (χ4v) is 3.65. The van der Waals surface area contributed by atoms with Gasteiger partial charge in [0.15, 0.2) is 11.5 Å². The van der Waals surface area contributed by atoms with Gasteiger partial charge in [0, 0.05) is 24.3 Å². The minimum atomic E-state index is -0.341. The standard InChI is InChI=1S/C23H25FN4O3/c1-15-5-7-17(12-19(15)24)25-23(29)27-9-4-10-28-18(14-27)13-20(26-28)16-6-8-21(30-2)22(11-16)31-3/h5-8,11-13H,4,9-10,14H2,1-3H3,(H,25,29). The van der Waals surface area contributed by atoms with E-state index >= 15 is 0 Å². The summed E-state index contributed by atoms with van der Waals surface area (Å²) in [6.45, 7) is 3.41. The SMILES string of the molecule is COc1ccc(-c2cc3n(n2)CCCN(C(=O)Nc2ccc(C)c(F)c2)C3)cc1OC. The first kappa shape index (κ1) is 20.7. The van der Waals surface area contributed by atoms with E-state index in [1.807, 2.05) is 28.9 Å². The third-order valence-corrected chi connectivity index (χ3v) is 5.40. The van der Waals surface area contributed by atoms with Crippen molar-refractivity contribution in [1.82, 2.24) is 14.7 Å². The van der Waals surface area contributed by atoms with Crippen LogP contribution in [0.25, 0.3) is 11.3 Å². The molecule has 1 N–H and O–H groups in total. The highest BCUT2D eigenvalue weighted by Gasteiger charge is 2.22. The van der Waals surface area contributed by atoms with Crippen molar-refractivity contribution in [2.45, 2.75) is 26.4 Å². The molecular weight excluding hydrogens is 399 g/mol. The summed E-state index contributed by atoms with van der Waals surface area (Å²) in [7, 11) is 3.20. The number of carbonyl (C=O) groups excluding carboxylic acids is 1. The zero-order chi connectivity index (χ0) is 22.0. The zero-order valence-electron chi connectivity index (χ0n) is 17.8. The number of aryl methyl sites for hydroxylation is 2. The number of ether oxygens (including phenoxy) is 2. The normalized spacial score (nSPS) is 13.4. The highest BCUT2D eigenvalue weighted by Crippen LogP contribution is 2.32. The van der Waals surface area contributed by atoms with Crippen molar-refractivity contribution in [1.29, 1.82) is 0 Å². The summed E-state index contributed by atoms with van der Waals surface area (Å²) < 4.78 is 26.4. The van der Waals surface area contributed by atoms with Crippen molar-refractivity contribution in [3.05, 3.63) is 59.5 Å². The van der Waals surface area contributed by atoms with Gasteiger partial charge in [0.1, 0.15) is 5.82 Å². The van der Waals surface area contributed by atoms with Gasteiger partial charge < -0.3 is 19.7 Å². The predicted molar refractivity (Wildman–Crippen MR) is 116 cm³/mol. The number of anilines is 1. The van der Waals surface area contributed by atoms with Crippen LogP contribution in [0, 0.1) is 12.7 Å². The molecule has 0 radical (unpaired) electrons. The molecule has 1 aromatic heterocycles. The number of hydrogen-bond acceptors (Lipinski definition) is 4. The molecule has 0 unspecified atom stereocenters. The maximum absolute atomic E-state index is 13.8. The Bertz CT molecular complexity index is 1110. The molecule has 0 saturated carbocycles. The Kier molecular flexibility index (Phi) is 5.79. The number of carbonyl (C=O) groups is 1. The van der Waals surface area contributed by atoms with Crippen molar-refractivity contribution in [2.75, 3.05) is 26.1 Å². The van der Waals surface area contributed by atoms with Crippen molar-refractivity contribution in [3.63, 3.8) is 0 Å². The smallest absolute Gasteiger partial charge is 0.322 e. The number of aromatic nitrogens is 2. The number of methoxy groups -OCH3 is 2. The Hall–Kier alpha value is -3.55. The van der Waals surface area contributed by atoms with E-state index < -0.39 is 0 Å². The molecule has 8 heteroatoms. The van der Waals surface area contributed by atoms with Crippen LogP contribution < -0.4 is 14.8 Å². The summed E-state index contributed by atoms with van der Waals surface area (Å²) in [6.07, 6.45) is 0.774. The van der Waals surface area contributed by atoms with Gasteiger partial charge in [0.2, 0.25) is 0 Å². The van der Waals surface area contributed by atoms with Gasteiger partial charge >= 0.3 is 6.03 Å². The number of halogens is 1. The molecule has 2 amide bonds. The molecule has 7 nitrogen and oxygen atoms in total. The van der Waals surface area contributed by atoms with Gasteiger partial charge in [-0.1, -0.05) is 6.07 Å². The Morgan fingerprint density at radius 1 is 1.06 bits per heavy atom. The van der Waals surface area contributed by atoms with Crippen LogP contribution in [0.4, 0.5) is 14.9 Å². The largest absolute Gasteiger partial charge is 0.493 e. The minimum absolute atomic E-state index is 0.259. The first-order valence-electron chi connectivity index (χ1n) is 10.1. The van der Waals surface area contributed by atoms with Crippen molar-refractivity contribution in [2.24, 2.45) is 0 Å². The first-order chi connectivity index (χ1) is 15.0. The topological polar surface area (TPSA) is 68.6 Å². The van der Waals surface area contributed by atoms with E-state index in [1.165, 1.54) is 6.07 Å². The van der Waals surface area contributed by atoms with E-state index in [-0.39, 0.29) is 11.8 Å². The number of nitrogens with one attached hydrogen (secondary N) is 1. The molecule has 1 aliphatic heterocycles. The summed E-state index contributed by atoms with van der Waals surface area (Å²) in [4.78, 5) is 14.5. The number of urea groups is 1. The molecule has 0 saturated heterocycles. The van der Waals surface area contributed by atoms with E-state index in [1.54, 1.807) is 38.2 Å². The highest BCUT2D eigenvalue weighted by atomic mass is 19.1. The summed E-state index contributed by atoms with van der Waals surface area (Å²) >= 11 is 0. The maximum Gasteiger partial charge on any atom is 0.322 e. The summed E-state index contributed by atoms with van der Waals surface area (Å²) in [5.41, 5.74) is 3.63. The van der Waals surface area contributed by atoms with Crippen molar-refractivity contribution in [3.8, 4) is 22.8 Å². The fraction of sp³-hybridized carbons (Fsp3) is 0.304. The van der Waals surface area contributed by atoms with Crippen LogP contribution in [0.1, 0.15) is 17.7 Å². The molecule has 162 valence electrons. The molecule has 1 aliphatic rings. The van der Waals surface area contributed by atoms with Crippen molar-refractivity contribution < 1.29 is 18.7 Å². The van der Waals surface area contributed by atoms with E-state index in [0.717, 1.165) is 23.4 Å². The van der Waals surface area contributed by atoms with E-state index in [4.69, 9.17) is 14.6 Å². The fourth-order valence-electron chi connectivity index (χ4n) is 3.65. The highest BCUT2D eigenvalue weighted by molar-refractivity contribution is 5.89. The van der Waals surface area contributed by atoms with Crippen LogP contribution in [0.2, 0.25) is 0 Å². The number of rotatable bonds is 4. The zero-order valence-corrected chi connectivity index (χ0v) is 17.8. The van der Waals surface area contributed by atoms with Crippen LogP contribution in [-0.2, 0) is 13.1 Å². The predicted octanol–water partition coefficient (Wildman–Crippen LogP) is 4.45. The number of fused-ring (bicyclic) bond motifs is 1. The van der Waals surface area contributed by atoms with Gasteiger partial charge in [-0.25, -0.2) is 9.18 Å². The van der Waals surface area contributed by atoms with Crippen LogP contribution >= 0.6 is 0 Å². The van der Waals surface area contributed by atoms with Gasteiger partial charge in [-0.05, 0) is 55.3 Å². The van der Waals surface area contributed by atoms with E-state index in [9.17, 15) is 9.18 Å². The molecule has 0 aliphatic carbocycles. The summed E-state index contributed by atoms with van der Waals surface area (Å²) in [5, 5.41) is 7.51. The molecular formula is C23H25FN4O3. The van der Waals surface area contributed by atoms with Crippen LogP contribution in [0.5, 0.6) is 11.5 Å². The van der Waals surface area contributed by atoms with Crippen molar-refractivity contribution >= 4 is 11.7 Å². The summed E-state index contributed by atoms with van der Waals surface area (Å²) in [6, 6.07) is 12.1. The number of amides is 2. The average molecular weight is 424 g/mol. The number of nitrogens with zero attached hydrogens (tertiary/aromatic N) is 3. The summed E-state index contributed by atoms with van der Waals surface area (Å²) in [5.74, 6) is 0.947. The lowest BCUT2D eigenvalue weighted by atomic mass is 10.1. The Morgan fingerprint density at radius 2 is 1.87 bits per heavy atom. The van der Waals surface area contributed by atoms with Gasteiger partial charge in [-0.15, -0.1) is 0 Å². The van der Waals surface area contributed by atoms with Crippen LogP contribution in [-0.4, -0.2) is 41.5 Å². The lowest BCUT2D eigenvalue weighted by molar-refractivity contribution is 0.210. The Labute approximate surface area is 180 Å². The van der Waals surface area contributed by atoms with Gasteiger partial charge in [0.05, 0.1) is 32.2 Å². The molecule has 0 bridgehead atoms. The molecule has 0 atom stereocenters. The molecule has 0 spiro atoms. The first-order valence-corrected chi connectivity index (χ1v) is 10.1. The van der Waals surface area contributed by atoms with Gasteiger partial charge in [-0.2, -0.15) is 5.10 Å². The second kappa shape index (κ2) is 8.67. The van der Waals surface area contributed by atoms with Gasteiger partial charge in [-0.3, -0.25) is 4.68 Å². The van der Waals surface area contributed by atoms with E-state index in [2.05, 4.69) is 5.32 Å². The van der Waals surface area contributed by atoms with Gasteiger partial charge in [0.25, 0.3) is 0 Å². The monoisotopic (exact) mass is 424 g/mol. The minimum Gasteiger partial charge on any atom is -0.493 e. The lowest BCUT2D eigenvalue weighted by Gasteiger charge is -2.20. The molecule has 31 heavy (non-hydrogen) atoms. The maximum atomic E-state index is 13.8. The molecule has 2 aromatic carbocycles. The van der Waals surface area contributed by atoms with E-state index in [0.29, 0.717) is 42.4 Å². The molecule has 2 heterocycles. The number of hydrogen-bond donors (Lipinski definition) is 1. The second-order valence-electron chi connectivity index (χ2n) is 7.48. The Balaban J connectivity index is 1.53. The molecule has 3 aromatic rings. The third kappa shape index (κ3) is 4.33. The second-order valence-corrected chi connectivity index (χ2v) is 7.48. The molecule has 4 rings (SSSR count). The number of benzene rings is 2. The van der Waals surface area contributed by atoms with Crippen LogP contribution in [0.15, 0.2) is 42.5 Å². The lowest BCUT2D eigenvalue weighted by Crippen LogP contribution is -2.34. The average Bonchev–Trinajstić information content (AvgIpc) is 3.07. The Morgan fingerprint density at radius 3 is 2.61 bits per heavy atom.